The zero-order valence-electron chi connectivity index (χ0n) is 8.20. The molecule has 0 aliphatic heterocycles. The summed E-state index contributed by atoms with van der Waals surface area (Å²) in [5.41, 5.74) is 0. The molecule has 0 saturated carbocycles. The van der Waals surface area contributed by atoms with E-state index in [4.69, 9.17) is 0 Å². The third-order valence-electron chi connectivity index (χ3n) is 0.586. The van der Waals surface area contributed by atoms with Gasteiger partial charge in [0.2, 0.25) is 0 Å². The van der Waals surface area contributed by atoms with Crippen LogP contribution in [0.2, 0.25) is 0 Å². The summed E-state index contributed by atoms with van der Waals surface area (Å²) < 4.78 is 0. The predicted octanol–water partition coefficient (Wildman–Crippen LogP) is 3.91. The SMILES string of the molecule is CCl.CCl.[C-]1=CC=CC1.[CH3-].[CH3-].[Ti+3]. The number of allylic oxidation sites excluding steroid dienone is 4. The molecule has 0 amide bonds. The molecule has 1 radical (unpaired) electrons. The van der Waals surface area contributed by atoms with Gasteiger partial charge >= 0.3 is 21.7 Å². The van der Waals surface area contributed by atoms with E-state index in [1.54, 1.807) is 0 Å². The average Bonchev–Trinajstić information content (AvgIpc) is 2.51. The monoisotopic (exact) mass is 243 g/mol. The fraction of sp³-hybridized carbons (Fsp3) is 0.333. The Morgan fingerprint density at radius 3 is 1.58 bits per heavy atom. The Labute approximate surface area is 103 Å². The first kappa shape index (κ1) is 29.3. The van der Waals surface area contributed by atoms with Gasteiger partial charge in [-0.2, -0.15) is 6.08 Å². The van der Waals surface area contributed by atoms with Gasteiger partial charge in [0.15, 0.2) is 0 Å². The molecule has 0 aromatic rings. The molecule has 0 fully saturated rings. The molecule has 0 aromatic heterocycles. The number of hydrogen-bond acceptors (Lipinski definition) is 0. The summed E-state index contributed by atoms with van der Waals surface area (Å²) in [5.74, 6) is 0. The van der Waals surface area contributed by atoms with Crippen LogP contribution in [0.1, 0.15) is 6.42 Å². The van der Waals surface area contributed by atoms with E-state index < -0.39 is 0 Å². The largest absolute Gasteiger partial charge is 3.00 e. The second-order valence-electron chi connectivity index (χ2n) is 1.00. The first-order valence-corrected chi connectivity index (χ1v) is 3.98. The molecule has 0 nitrogen and oxygen atoms in total. The minimum absolute atomic E-state index is 0. The molecule has 12 heavy (non-hydrogen) atoms. The molecular formula is C9H17Cl2Ti. The van der Waals surface area contributed by atoms with Gasteiger partial charge in [-0.25, -0.2) is 12.2 Å². The van der Waals surface area contributed by atoms with Crippen LogP contribution in [-0.2, 0) is 21.7 Å². The van der Waals surface area contributed by atoms with E-state index in [1.165, 1.54) is 12.8 Å². The molecular weight excluding hydrogens is 227 g/mol. The van der Waals surface area contributed by atoms with Crippen LogP contribution in [0.3, 0.4) is 0 Å². The molecule has 1 aliphatic carbocycles. The molecule has 0 atom stereocenters. The van der Waals surface area contributed by atoms with E-state index in [1.807, 2.05) is 12.2 Å². The Kier molecular flexibility index (Phi) is 100. The van der Waals surface area contributed by atoms with Crippen molar-refractivity contribution in [3.63, 3.8) is 0 Å². The van der Waals surface area contributed by atoms with Gasteiger partial charge in [-0.05, 0) is 0 Å². The molecule has 1 aliphatic rings. The van der Waals surface area contributed by atoms with Crippen molar-refractivity contribution in [3.8, 4) is 0 Å². The summed E-state index contributed by atoms with van der Waals surface area (Å²) in [5, 5.41) is 0. The van der Waals surface area contributed by atoms with Gasteiger partial charge in [-0.15, -0.1) is 29.6 Å². The average molecular weight is 244 g/mol. The fourth-order valence-corrected chi connectivity index (χ4v) is 0.340. The minimum Gasteiger partial charge on any atom is -0.358 e. The third kappa shape index (κ3) is 30.9. The van der Waals surface area contributed by atoms with Crippen molar-refractivity contribution in [2.75, 3.05) is 12.8 Å². The smallest absolute Gasteiger partial charge is 0.358 e. The predicted molar refractivity (Wildman–Crippen MR) is 58.0 cm³/mol. The molecule has 0 N–H and O–H groups in total. The normalized spacial score (nSPS) is 8.33. The van der Waals surface area contributed by atoms with Gasteiger partial charge in [0.1, 0.15) is 0 Å². The zero-order chi connectivity index (χ0) is 7.54. The molecule has 1 rings (SSSR count). The summed E-state index contributed by atoms with van der Waals surface area (Å²) in [7, 11) is 0. The topological polar surface area (TPSA) is 0 Å². The van der Waals surface area contributed by atoms with E-state index in [0.29, 0.717) is 0 Å². The van der Waals surface area contributed by atoms with Crippen molar-refractivity contribution in [3.05, 3.63) is 39.2 Å². The zero-order valence-corrected chi connectivity index (χ0v) is 11.3. The quantitative estimate of drug-likeness (QED) is 0.344. The van der Waals surface area contributed by atoms with E-state index in [0.717, 1.165) is 6.42 Å². The van der Waals surface area contributed by atoms with Crippen LogP contribution in [0.5, 0.6) is 0 Å². The van der Waals surface area contributed by atoms with Gasteiger partial charge in [-0.1, -0.05) is 0 Å². The maximum absolute atomic E-state index is 4.64. The van der Waals surface area contributed by atoms with E-state index in [2.05, 4.69) is 35.4 Å². The third-order valence-corrected chi connectivity index (χ3v) is 0.586. The van der Waals surface area contributed by atoms with Gasteiger partial charge in [0.25, 0.3) is 0 Å². The van der Waals surface area contributed by atoms with E-state index in [9.17, 15) is 0 Å². The molecule has 3 heteroatoms. The van der Waals surface area contributed by atoms with Crippen molar-refractivity contribution >= 4 is 23.2 Å². The second-order valence-corrected chi connectivity index (χ2v) is 1.00. The summed E-state index contributed by atoms with van der Waals surface area (Å²) in [6, 6.07) is 0. The number of rotatable bonds is 0. The van der Waals surface area contributed by atoms with E-state index >= 15 is 0 Å². The summed E-state index contributed by atoms with van der Waals surface area (Å²) in [6.07, 6.45) is 12.9. The van der Waals surface area contributed by atoms with E-state index in [-0.39, 0.29) is 36.6 Å². The summed E-state index contributed by atoms with van der Waals surface area (Å²) in [6.45, 7) is 0. The van der Waals surface area contributed by atoms with Crippen LogP contribution < -0.4 is 0 Å². The Balaban J connectivity index is -0.0000000213. The van der Waals surface area contributed by atoms with Gasteiger partial charge in [0, 0.05) is 12.8 Å². The van der Waals surface area contributed by atoms with Gasteiger partial charge in [-0.3, -0.25) is 6.08 Å². The standard InChI is InChI=1S/C5H5.2CH3Cl.2CH3.Ti/c1-2-4-5-3-1;2*1-2;;;/h1-3H,4H2;2*1H3;2*1H3;/q-1;;;2*-1;+3. The molecule has 0 saturated heterocycles. The number of hydrogen-bond donors (Lipinski definition) is 0. The summed E-state index contributed by atoms with van der Waals surface area (Å²) in [4.78, 5) is 0. The molecule has 0 heterocycles. The van der Waals surface area contributed by atoms with Crippen LogP contribution in [0, 0.1) is 20.9 Å². The molecule has 0 unspecified atom stereocenters. The molecule has 71 valence electrons. The first-order chi connectivity index (χ1) is 4.50. The Bertz CT molecular complexity index is 70.6. The molecule has 0 aromatic carbocycles. The first-order valence-electron chi connectivity index (χ1n) is 2.47. The van der Waals surface area contributed by atoms with Crippen LogP contribution in [0.4, 0.5) is 0 Å². The van der Waals surface area contributed by atoms with Crippen LogP contribution in [-0.4, -0.2) is 12.8 Å². The Hall–Kier alpha value is 0.774. The fourth-order valence-electron chi connectivity index (χ4n) is 0.340. The molecule has 0 bridgehead atoms. The van der Waals surface area contributed by atoms with Gasteiger partial charge in [0.05, 0.1) is 0 Å². The Morgan fingerprint density at radius 2 is 1.50 bits per heavy atom. The Morgan fingerprint density at radius 1 is 1.08 bits per heavy atom. The van der Waals surface area contributed by atoms with Gasteiger partial charge < -0.3 is 14.9 Å². The van der Waals surface area contributed by atoms with Crippen molar-refractivity contribution in [1.29, 1.82) is 0 Å². The number of alkyl halides is 2. The van der Waals surface area contributed by atoms with Crippen molar-refractivity contribution in [2.24, 2.45) is 0 Å². The minimum atomic E-state index is 0. The maximum atomic E-state index is 4.64. The van der Waals surface area contributed by atoms with Crippen LogP contribution in [0.15, 0.2) is 18.2 Å². The van der Waals surface area contributed by atoms with Crippen molar-refractivity contribution in [1.82, 2.24) is 0 Å². The van der Waals surface area contributed by atoms with Crippen LogP contribution in [0.25, 0.3) is 0 Å². The second kappa shape index (κ2) is 41.0. The van der Waals surface area contributed by atoms with Crippen molar-refractivity contribution < 1.29 is 21.7 Å². The van der Waals surface area contributed by atoms with Crippen LogP contribution >= 0.6 is 23.2 Å². The molecule has 0 spiro atoms. The number of halogens is 2. The summed E-state index contributed by atoms with van der Waals surface area (Å²) >= 11 is 9.28. The maximum Gasteiger partial charge on any atom is 3.00 e. The van der Waals surface area contributed by atoms with Crippen molar-refractivity contribution in [2.45, 2.75) is 6.42 Å².